The molecule has 0 radical (unpaired) electrons. The Bertz CT molecular complexity index is 606. The van der Waals surface area contributed by atoms with E-state index in [9.17, 15) is 26.3 Å². The minimum Gasteiger partial charge on any atom is -0.453 e. The molecule has 2 rings (SSSR count). The van der Waals surface area contributed by atoms with E-state index in [0.29, 0.717) is 0 Å². The van der Waals surface area contributed by atoms with Crippen molar-refractivity contribution in [2.45, 2.75) is 18.5 Å². The van der Waals surface area contributed by atoms with Gasteiger partial charge in [-0.1, -0.05) is 0 Å². The van der Waals surface area contributed by atoms with Crippen LogP contribution in [0, 0.1) is 0 Å². The van der Waals surface area contributed by atoms with Crippen molar-refractivity contribution >= 4 is 17.1 Å². The van der Waals surface area contributed by atoms with E-state index >= 15 is 0 Å². The molecule has 0 amide bonds. The van der Waals surface area contributed by atoms with Crippen molar-refractivity contribution in [2.75, 3.05) is 5.73 Å². The average Bonchev–Trinajstić information content (AvgIpc) is 2.69. The highest BCUT2D eigenvalue weighted by atomic mass is 19.4. The number of nitrogens with zero attached hydrogens (tertiary/aromatic N) is 3. The maximum Gasteiger partial charge on any atom is 0.434 e. The highest BCUT2D eigenvalue weighted by molar-refractivity contribution is 5.76. The minimum absolute atomic E-state index is 0.212. The predicted molar refractivity (Wildman–Crippen MR) is 52.6 cm³/mol. The summed E-state index contributed by atoms with van der Waals surface area (Å²) >= 11 is 0. The summed E-state index contributed by atoms with van der Waals surface area (Å²) in [5.74, 6) is -1.55. The van der Waals surface area contributed by atoms with Crippen LogP contribution in [0.4, 0.5) is 32.3 Å². The summed E-state index contributed by atoms with van der Waals surface area (Å²) in [4.78, 5) is 12.5. The number of ether oxygens (including phenoxy) is 1. The van der Waals surface area contributed by atoms with Crippen molar-refractivity contribution in [2.24, 2.45) is 0 Å². The van der Waals surface area contributed by atoms with Crippen molar-refractivity contribution < 1.29 is 31.1 Å². The monoisotopic (exact) mass is 301 g/mol. The Hall–Kier alpha value is -2.27. The molecule has 0 spiro atoms. The maximum absolute atomic E-state index is 12.4. The molecular formula is C8H5F6N5O. The Kier molecular flexibility index (Phi) is 3.10. The number of anilines is 1. The topological polar surface area (TPSA) is 89.7 Å². The van der Waals surface area contributed by atoms with E-state index in [1.54, 1.807) is 0 Å². The second-order valence-electron chi connectivity index (χ2n) is 3.57. The van der Waals surface area contributed by atoms with Gasteiger partial charge >= 0.3 is 12.4 Å². The van der Waals surface area contributed by atoms with E-state index in [1.807, 2.05) is 0 Å². The van der Waals surface area contributed by atoms with Crippen LogP contribution in [0.25, 0.3) is 11.2 Å². The van der Waals surface area contributed by atoms with Gasteiger partial charge in [0.25, 0.3) is 6.10 Å². The number of fused-ring (bicyclic) bond motifs is 1. The van der Waals surface area contributed by atoms with Gasteiger partial charge < -0.3 is 15.5 Å². The van der Waals surface area contributed by atoms with E-state index in [4.69, 9.17) is 5.73 Å². The summed E-state index contributed by atoms with van der Waals surface area (Å²) in [5, 5.41) is 0. The van der Waals surface area contributed by atoms with Crippen LogP contribution in [0.1, 0.15) is 0 Å². The number of hydrogen-bond acceptors (Lipinski definition) is 5. The Morgan fingerprint density at radius 3 is 2.25 bits per heavy atom. The van der Waals surface area contributed by atoms with E-state index in [0.717, 1.165) is 6.33 Å². The number of nitrogens with one attached hydrogen (secondary N) is 1. The zero-order valence-electron chi connectivity index (χ0n) is 9.25. The van der Waals surface area contributed by atoms with Crippen molar-refractivity contribution in [3.8, 4) is 5.88 Å². The Morgan fingerprint density at radius 1 is 1.10 bits per heavy atom. The molecule has 0 aliphatic heterocycles. The molecule has 0 saturated heterocycles. The first kappa shape index (κ1) is 14.1. The largest absolute Gasteiger partial charge is 0.453 e. The second kappa shape index (κ2) is 4.38. The lowest BCUT2D eigenvalue weighted by Gasteiger charge is -2.23. The predicted octanol–water partition coefficient (Wildman–Crippen LogP) is 1.81. The minimum atomic E-state index is -5.66. The van der Waals surface area contributed by atoms with Crippen LogP contribution in [0.2, 0.25) is 0 Å². The normalized spacial score (nSPS) is 13.2. The number of rotatable bonds is 2. The fourth-order valence-electron chi connectivity index (χ4n) is 1.34. The number of aromatic amines is 1. The number of nitrogens with two attached hydrogens (primary N) is 1. The quantitative estimate of drug-likeness (QED) is 0.826. The van der Waals surface area contributed by atoms with Gasteiger partial charge in [0.05, 0.1) is 6.33 Å². The summed E-state index contributed by atoms with van der Waals surface area (Å²) in [5.41, 5.74) is 4.63. The van der Waals surface area contributed by atoms with Crippen molar-refractivity contribution in [3.05, 3.63) is 6.33 Å². The third kappa shape index (κ3) is 2.67. The van der Waals surface area contributed by atoms with Gasteiger partial charge in [0.1, 0.15) is 5.52 Å². The van der Waals surface area contributed by atoms with Crippen LogP contribution in [-0.4, -0.2) is 38.4 Å². The highest BCUT2D eigenvalue weighted by Crippen LogP contribution is 2.37. The van der Waals surface area contributed by atoms with Gasteiger partial charge in [-0.3, -0.25) is 0 Å². The van der Waals surface area contributed by atoms with Crippen LogP contribution in [0.5, 0.6) is 5.88 Å². The summed E-state index contributed by atoms with van der Waals surface area (Å²) in [7, 11) is 0. The molecule has 0 saturated carbocycles. The molecule has 0 aliphatic carbocycles. The standard InChI is InChI=1S/C8H5F6N5O/c9-7(10,11)5(8(12,13)14)20-4-2-3(17-1-16-2)18-6(15)19-4/h1,5H,(H3,15,16,17,18,19). The van der Waals surface area contributed by atoms with Crippen LogP contribution < -0.4 is 10.5 Å². The first-order chi connectivity index (χ1) is 9.09. The van der Waals surface area contributed by atoms with Gasteiger partial charge in [0.15, 0.2) is 5.65 Å². The smallest absolute Gasteiger partial charge is 0.434 e. The lowest BCUT2D eigenvalue weighted by atomic mass is 10.3. The number of hydrogen-bond donors (Lipinski definition) is 2. The maximum atomic E-state index is 12.4. The van der Waals surface area contributed by atoms with Gasteiger partial charge in [0.2, 0.25) is 11.8 Å². The van der Waals surface area contributed by atoms with E-state index < -0.39 is 30.3 Å². The molecule has 0 bridgehead atoms. The van der Waals surface area contributed by atoms with E-state index in [1.165, 1.54) is 0 Å². The fraction of sp³-hybridized carbons (Fsp3) is 0.375. The molecule has 2 aromatic rings. The van der Waals surface area contributed by atoms with Crippen LogP contribution in [0.3, 0.4) is 0 Å². The first-order valence-corrected chi connectivity index (χ1v) is 4.85. The van der Waals surface area contributed by atoms with Crippen molar-refractivity contribution in [3.63, 3.8) is 0 Å². The molecule has 0 fully saturated rings. The van der Waals surface area contributed by atoms with Crippen LogP contribution in [0.15, 0.2) is 6.33 Å². The van der Waals surface area contributed by atoms with Crippen molar-refractivity contribution in [1.29, 1.82) is 0 Å². The number of halogens is 6. The zero-order valence-corrected chi connectivity index (χ0v) is 9.25. The SMILES string of the molecule is Nc1nc(OC(C(F)(F)F)C(F)(F)F)c2[nH]cnc2n1. The molecule has 0 aliphatic rings. The Morgan fingerprint density at radius 2 is 1.70 bits per heavy atom. The van der Waals surface area contributed by atoms with Crippen molar-refractivity contribution in [1.82, 2.24) is 19.9 Å². The number of nitrogen functional groups attached to an aromatic ring is 1. The van der Waals surface area contributed by atoms with Gasteiger partial charge in [-0.05, 0) is 0 Å². The molecule has 3 N–H and O–H groups in total. The molecule has 6 nitrogen and oxygen atoms in total. The second-order valence-corrected chi connectivity index (χ2v) is 3.57. The zero-order chi connectivity index (χ0) is 15.1. The van der Waals surface area contributed by atoms with E-state index in [-0.39, 0.29) is 11.2 Å². The number of H-pyrrole nitrogens is 1. The van der Waals surface area contributed by atoms with Gasteiger partial charge in [-0.25, -0.2) is 4.98 Å². The lowest BCUT2D eigenvalue weighted by Crippen LogP contribution is -2.46. The molecular weight excluding hydrogens is 296 g/mol. The average molecular weight is 301 g/mol. The molecule has 110 valence electrons. The number of aromatic nitrogens is 4. The van der Waals surface area contributed by atoms with Crippen LogP contribution in [-0.2, 0) is 0 Å². The molecule has 0 aromatic carbocycles. The number of imidazole rings is 1. The van der Waals surface area contributed by atoms with Gasteiger partial charge in [-0.2, -0.15) is 36.3 Å². The molecule has 2 aromatic heterocycles. The molecule has 0 atom stereocenters. The third-order valence-corrected chi connectivity index (χ3v) is 2.09. The lowest BCUT2D eigenvalue weighted by molar-refractivity contribution is -0.300. The van der Waals surface area contributed by atoms with Gasteiger partial charge in [0, 0.05) is 0 Å². The highest BCUT2D eigenvalue weighted by Gasteiger charge is 2.59. The molecule has 12 heteroatoms. The number of alkyl halides is 6. The Labute approximate surface area is 106 Å². The third-order valence-electron chi connectivity index (χ3n) is 2.09. The van der Waals surface area contributed by atoms with E-state index in [2.05, 4.69) is 24.7 Å². The van der Waals surface area contributed by atoms with Gasteiger partial charge in [-0.15, -0.1) is 0 Å². The molecule has 2 heterocycles. The van der Waals surface area contributed by atoms with Crippen LogP contribution >= 0.6 is 0 Å². The summed E-state index contributed by atoms with van der Waals surface area (Å²) in [6.07, 6.45) is -14.4. The molecule has 0 unspecified atom stereocenters. The summed E-state index contributed by atoms with van der Waals surface area (Å²) < 4.78 is 78.2. The first-order valence-electron chi connectivity index (χ1n) is 4.85. The summed E-state index contributed by atoms with van der Waals surface area (Å²) in [6, 6.07) is 0. The Balaban J connectivity index is 2.46. The fourth-order valence-corrected chi connectivity index (χ4v) is 1.34. The molecule has 20 heavy (non-hydrogen) atoms. The summed E-state index contributed by atoms with van der Waals surface area (Å²) in [6.45, 7) is 0.